The van der Waals surface area contributed by atoms with Crippen LogP contribution >= 0.6 is 0 Å². The van der Waals surface area contributed by atoms with E-state index in [0.717, 1.165) is 18.4 Å². The Hall–Kier alpha value is -4.43. The van der Waals surface area contributed by atoms with Crippen LogP contribution < -0.4 is 19.7 Å². The molecule has 1 saturated heterocycles. The number of anilines is 3. The molecular formula is C27H31N7O4. The zero-order chi connectivity index (χ0) is 27.1. The number of nitrogens with one attached hydrogen (secondary N) is 1. The van der Waals surface area contributed by atoms with Crippen LogP contribution in [0.2, 0.25) is 0 Å². The minimum absolute atomic E-state index is 0.0373. The lowest BCUT2D eigenvalue weighted by atomic mass is 10.1. The van der Waals surface area contributed by atoms with Crippen molar-refractivity contribution in [3.63, 3.8) is 0 Å². The number of nitriles is 1. The quantitative estimate of drug-likeness (QED) is 0.452. The molecule has 1 fully saturated rings. The first-order valence-corrected chi connectivity index (χ1v) is 12.2. The number of pyridine rings is 1. The van der Waals surface area contributed by atoms with Crippen LogP contribution in [0.4, 0.5) is 17.5 Å². The van der Waals surface area contributed by atoms with E-state index < -0.39 is 0 Å². The van der Waals surface area contributed by atoms with Gasteiger partial charge in [-0.2, -0.15) is 10.2 Å². The van der Waals surface area contributed by atoms with Gasteiger partial charge in [0.2, 0.25) is 17.7 Å². The zero-order valence-electron chi connectivity index (χ0n) is 22.0. The molecule has 0 saturated carbocycles. The van der Waals surface area contributed by atoms with Gasteiger partial charge >= 0.3 is 0 Å². The van der Waals surface area contributed by atoms with Gasteiger partial charge in [-0.15, -0.1) is 0 Å². The van der Waals surface area contributed by atoms with Gasteiger partial charge in [0.05, 0.1) is 38.1 Å². The first kappa shape index (κ1) is 26.6. The number of carbonyl (C=O) groups excluding carboxylic acids is 1. The van der Waals surface area contributed by atoms with Crippen molar-refractivity contribution in [2.45, 2.75) is 18.9 Å². The maximum Gasteiger partial charge on any atom is 0.241 e. The van der Waals surface area contributed by atoms with Gasteiger partial charge in [0.15, 0.2) is 0 Å². The standard InChI is InChI=1S/C27H31N7O4/c1-33(2)25(35)17-34(3)22-6-8-24(31-26(22)36-4)32-27-29-12-9-21(30-27)18-5-7-23(19(15-18)16-28)38-20-10-13-37-14-11-20/h5-9,12,15,20H,10-11,13-14,17H2,1-4H3,(H,29,30,31,32). The third-order valence-electron chi connectivity index (χ3n) is 6.07. The van der Waals surface area contributed by atoms with E-state index in [0.29, 0.717) is 53.6 Å². The van der Waals surface area contributed by atoms with Gasteiger partial charge in [-0.05, 0) is 36.4 Å². The van der Waals surface area contributed by atoms with E-state index >= 15 is 0 Å². The Morgan fingerprint density at radius 2 is 1.95 bits per heavy atom. The van der Waals surface area contributed by atoms with Gasteiger partial charge in [0, 0.05) is 45.7 Å². The van der Waals surface area contributed by atoms with Crippen molar-refractivity contribution in [2.75, 3.05) is 58.2 Å². The molecule has 0 aliphatic carbocycles. The Kier molecular flexibility index (Phi) is 8.55. The molecule has 1 aromatic carbocycles. The SMILES string of the molecule is COc1nc(Nc2nccc(-c3ccc(OC4CCOCC4)c(C#N)c3)n2)ccc1N(C)CC(=O)N(C)C. The lowest BCUT2D eigenvalue weighted by Crippen LogP contribution is -2.34. The topological polar surface area (TPSA) is 126 Å². The summed E-state index contributed by atoms with van der Waals surface area (Å²) in [7, 11) is 6.75. The number of rotatable bonds is 9. The molecule has 3 heterocycles. The molecular weight excluding hydrogens is 486 g/mol. The number of nitrogens with zero attached hydrogens (tertiary/aromatic N) is 6. The summed E-state index contributed by atoms with van der Waals surface area (Å²) in [6.45, 7) is 1.52. The van der Waals surface area contributed by atoms with Crippen molar-refractivity contribution in [1.82, 2.24) is 19.9 Å². The highest BCUT2D eigenvalue weighted by atomic mass is 16.5. The molecule has 0 bridgehead atoms. The highest BCUT2D eigenvalue weighted by Gasteiger charge is 2.18. The van der Waals surface area contributed by atoms with Crippen LogP contribution in [0.25, 0.3) is 11.3 Å². The lowest BCUT2D eigenvalue weighted by Gasteiger charge is -2.23. The summed E-state index contributed by atoms with van der Waals surface area (Å²) in [5, 5.41) is 12.8. The Morgan fingerprint density at radius 3 is 2.66 bits per heavy atom. The average Bonchev–Trinajstić information content (AvgIpc) is 2.93. The molecule has 11 heteroatoms. The number of hydrogen-bond donors (Lipinski definition) is 1. The molecule has 1 aliphatic rings. The second-order valence-electron chi connectivity index (χ2n) is 9.01. The molecule has 4 rings (SSSR count). The first-order chi connectivity index (χ1) is 18.4. The predicted molar refractivity (Wildman–Crippen MR) is 143 cm³/mol. The minimum atomic E-state index is -0.0373. The number of amides is 1. The highest BCUT2D eigenvalue weighted by molar-refractivity contribution is 5.81. The number of carbonyl (C=O) groups is 1. The van der Waals surface area contributed by atoms with Crippen molar-refractivity contribution in [1.29, 1.82) is 5.26 Å². The van der Waals surface area contributed by atoms with Crippen LogP contribution in [-0.2, 0) is 9.53 Å². The number of benzene rings is 1. The van der Waals surface area contributed by atoms with Gasteiger partial charge in [-0.1, -0.05) is 0 Å². The summed E-state index contributed by atoms with van der Waals surface area (Å²) in [6, 6.07) is 13.0. The van der Waals surface area contributed by atoms with Gasteiger partial charge < -0.3 is 29.3 Å². The van der Waals surface area contributed by atoms with Crippen molar-refractivity contribution in [3.05, 3.63) is 48.2 Å². The van der Waals surface area contributed by atoms with Crippen LogP contribution in [0, 0.1) is 11.3 Å². The Morgan fingerprint density at radius 1 is 1.16 bits per heavy atom. The number of ether oxygens (including phenoxy) is 3. The fraction of sp³-hybridized carbons (Fsp3) is 0.370. The zero-order valence-corrected chi connectivity index (χ0v) is 22.0. The number of hydrogen-bond acceptors (Lipinski definition) is 10. The number of aromatic nitrogens is 3. The average molecular weight is 518 g/mol. The summed E-state index contributed by atoms with van der Waals surface area (Å²) in [4.78, 5) is 28.8. The van der Waals surface area contributed by atoms with Gasteiger partial charge in [0.1, 0.15) is 29.4 Å². The van der Waals surface area contributed by atoms with Gasteiger partial charge in [0.25, 0.3) is 0 Å². The van der Waals surface area contributed by atoms with Crippen molar-refractivity contribution >= 4 is 23.4 Å². The van der Waals surface area contributed by atoms with Crippen LogP contribution in [0.5, 0.6) is 11.6 Å². The van der Waals surface area contributed by atoms with E-state index in [1.807, 2.05) is 12.1 Å². The maximum atomic E-state index is 12.1. The Bertz CT molecular complexity index is 1320. The molecule has 11 nitrogen and oxygen atoms in total. The monoisotopic (exact) mass is 517 g/mol. The molecule has 0 radical (unpaired) electrons. The van der Waals surface area contributed by atoms with Crippen molar-refractivity contribution < 1.29 is 19.0 Å². The minimum Gasteiger partial charge on any atom is -0.489 e. The smallest absolute Gasteiger partial charge is 0.241 e. The Balaban J connectivity index is 1.50. The molecule has 38 heavy (non-hydrogen) atoms. The van der Waals surface area contributed by atoms with E-state index in [4.69, 9.17) is 14.2 Å². The molecule has 0 atom stereocenters. The van der Waals surface area contributed by atoms with Crippen molar-refractivity contribution in [2.24, 2.45) is 0 Å². The summed E-state index contributed by atoms with van der Waals surface area (Å²) in [6.07, 6.45) is 3.28. The fourth-order valence-electron chi connectivity index (χ4n) is 3.92. The first-order valence-electron chi connectivity index (χ1n) is 12.2. The highest BCUT2D eigenvalue weighted by Crippen LogP contribution is 2.30. The molecule has 0 spiro atoms. The summed E-state index contributed by atoms with van der Waals surface area (Å²) >= 11 is 0. The van der Waals surface area contributed by atoms with Crippen molar-refractivity contribution in [3.8, 4) is 29.0 Å². The number of methoxy groups -OCH3 is 1. The molecule has 2 aromatic heterocycles. The van der Waals surface area contributed by atoms with E-state index in [9.17, 15) is 10.1 Å². The summed E-state index contributed by atoms with van der Waals surface area (Å²) < 4.78 is 16.9. The molecule has 1 amide bonds. The van der Waals surface area contributed by atoms with Crippen LogP contribution in [0.3, 0.4) is 0 Å². The van der Waals surface area contributed by atoms with Crippen LogP contribution in [0.1, 0.15) is 18.4 Å². The summed E-state index contributed by atoms with van der Waals surface area (Å²) in [5.74, 6) is 1.70. The lowest BCUT2D eigenvalue weighted by molar-refractivity contribution is -0.127. The van der Waals surface area contributed by atoms with E-state index in [-0.39, 0.29) is 18.6 Å². The van der Waals surface area contributed by atoms with Crippen LogP contribution in [0.15, 0.2) is 42.6 Å². The second-order valence-corrected chi connectivity index (χ2v) is 9.01. The normalized spacial score (nSPS) is 13.3. The van der Waals surface area contributed by atoms with Gasteiger partial charge in [-0.3, -0.25) is 4.79 Å². The Labute approximate surface area is 222 Å². The second kappa shape index (κ2) is 12.2. The number of likely N-dealkylation sites (N-methyl/N-ethyl adjacent to an activating group) is 2. The van der Waals surface area contributed by atoms with E-state index in [2.05, 4.69) is 26.3 Å². The van der Waals surface area contributed by atoms with Crippen LogP contribution in [-0.4, -0.2) is 79.9 Å². The molecule has 198 valence electrons. The van der Waals surface area contributed by atoms with Gasteiger partial charge in [-0.25, -0.2) is 9.97 Å². The maximum absolute atomic E-state index is 12.1. The third-order valence-corrected chi connectivity index (χ3v) is 6.07. The third kappa shape index (κ3) is 6.46. The molecule has 1 aliphatic heterocycles. The molecule has 1 N–H and O–H groups in total. The largest absolute Gasteiger partial charge is 0.489 e. The molecule has 3 aromatic rings. The fourth-order valence-corrected chi connectivity index (χ4v) is 3.92. The van der Waals surface area contributed by atoms with E-state index in [1.165, 1.54) is 12.0 Å². The summed E-state index contributed by atoms with van der Waals surface area (Å²) in [5.41, 5.74) is 2.53. The predicted octanol–water partition coefficient (Wildman–Crippen LogP) is 3.24. The molecule has 0 unspecified atom stereocenters. The van der Waals surface area contributed by atoms with E-state index in [1.54, 1.807) is 56.5 Å².